The lowest BCUT2D eigenvalue weighted by Gasteiger charge is -2.47. The molecule has 0 bridgehead atoms. The van der Waals surface area contributed by atoms with E-state index in [1.54, 1.807) is 12.3 Å². The molecule has 4 aromatic rings. The number of hydrogen-bond donors (Lipinski definition) is 3. The second-order valence-electron chi connectivity index (χ2n) is 11.6. The second-order valence-corrected chi connectivity index (χ2v) is 11.6. The average molecular weight is 578 g/mol. The number of rotatable bonds is 11. The molecule has 7 nitrogen and oxygen atoms in total. The number of aromatic nitrogens is 3. The van der Waals surface area contributed by atoms with Gasteiger partial charge < -0.3 is 15.7 Å². The standard InChI is InChI=1S/C32H34F3N5O2/c1-31(2)16-24(17-31)30(39-25-12-13-27(37-18-25)40-19-26(38-20-40)32(33,34)35)23-10-8-22(9-11-23)29(36-15-14-28(41)42)21-6-4-3-5-7-21/h3-13,18-20,24,29-30,36,39H,14-17H2,1-2H3,(H,41,42). The zero-order valence-corrected chi connectivity index (χ0v) is 23.5. The van der Waals surface area contributed by atoms with Gasteiger partial charge in [0.2, 0.25) is 0 Å². The first kappa shape index (κ1) is 29.3. The molecule has 0 radical (unpaired) electrons. The molecule has 2 unspecified atom stereocenters. The van der Waals surface area contributed by atoms with Crippen molar-refractivity contribution in [1.82, 2.24) is 19.9 Å². The molecule has 5 rings (SSSR count). The van der Waals surface area contributed by atoms with Crippen LogP contribution in [0.25, 0.3) is 5.82 Å². The molecule has 0 saturated heterocycles. The van der Waals surface area contributed by atoms with E-state index in [2.05, 4.69) is 58.7 Å². The van der Waals surface area contributed by atoms with Crippen LogP contribution in [-0.2, 0) is 11.0 Å². The SMILES string of the molecule is CC1(C)CC(C(Nc2ccc(-n3cnc(C(F)(F)F)c3)nc2)c2ccc(C(NCCC(=O)O)c3ccccc3)cc2)C1. The van der Waals surface area contributed by atoms with Gasteiger partial charge in [-0.05, 0) is 53.0 Å². The van der Waals surface area contributed by atoms with Gasteiger partial charge in [-0.2, -0.15) is 13.2 Å². The van der Waals surface area contributed by atoms with Gasteiger partial charge >= 0.3 is 12.1 Å². The molecule has 1 fully saturated rings. The summed E-state index contributed by atoms with van der Waals surface area (Å²) in [5.41, 5.74) is 3.27. The fourth-order valence-electron chi connectivity index (χ4n) is 5.76. The van der Waals surface area contributed by atoms with Crippen molar-refractivity contribution < 1.29 is 23.1 Å². The van der Waals surface area contributed by atoms with Gasteiger partial charge in [0.05, 0.1) is 30.4 Å². The van der Waals surface area contributed by atoms with Gasteiger partial charge in [0.25, 0.3) is 0 Å². The fourth-order valence-corrected chi connectivity index (χ4v) is 5.76. The van der Waals surface area contributed by atoms with Crippen LogP contribution in [0.1, 0.15) is 67.6 Å². The first-order valence-electron chi connectivity index (χ1n) is 13.9. The molecule has 2 aromatic heterocycles. The summed E-state index contributed by atoms with van der Waals surface area (Å²) in [6.45, 7) is 4.86. The predicted molar refractivity (Wildman–Crippen MR) is 154 cm³/mol. The summed E-state index contributed by atoms with van der Waals surface area (Å²) in [6, 6.07) is 21.7. The first-order valence-corrected chi connectivity index (χ1v) is 13.9. The number of anilines is 1. The molecular weight excluding hydrogens is 543 g/mol. The first-order chi connectivity index (χ1) is 20.0. The van der Waals surface area contributed by atoms with Crippen molar-refractivity contribution in [2.24, 2.45) is 11.3 Å². The zero-order chi connectivity index (χ0) is 29.9. The molecule has 1 aliphatic carbocycles. The number of benzene rings is 2. The van der Waals surface area contributed by atoms with Gasteiger partial charge in [-0.15, -0.1) is 0 Å². The van der Waals surface area contributed by atoms with E-state index in [4.69, 9.17) is 5.11 Å². The van der Waals surface area contributed by atoms with Crippen LogP contribution < -0.4 is 10.6 Å². The molecule has 0 aliphatic heterocycles. The number of hydrogen-bond acceptors (Lipinski definition) is 5. The van der Waals surface area contributed by atoms with Gasteiger partial charge in [-0.25, -0.2) is 9.97 Å². The number of aliphatic carboxylic acids is 1. The monoisotopic (exact) mass is 577 g/mol. The Labute approximate surface area is 242 Å². The third-order valence-corrected chi connectivity index (χ3v) is 7.76. The fraction of sp³-hybridized carbons (Fsp3) is 0.344. The number of halogens is 3. The summed E-state index contributed by atoms with van der Waals surface area (Å²) < 4.78 is 40.1. The van der Waals surface area contributed by atoms with Crippen molar-refractivity contribution in [3.63, 3.8) is 0 Å². The summed E-state index contributed by atoms with van der Waals surface area (Å²) in [6.07, 6.45) is 1.29. The predicted octanol–water partition coefficient (Wildman–Crippen LogP) is 7.03. The third kappa shape index (κ3) is 6.99. The zero-order valence-electron chi connectivity index (χ0n) is 23.5. The second kappa shape index (κ2) is 12.0. The van der Waals surface area contributed by atoms with Crippen LogP contribution >= 0.6 is 0 Å². The number of nitrogens with one attached hydrogen (secondary N) is 2. The Balaban J connectivity index is 1.36. The molecule has 0 amide bonds. The summed E-state index contributed by atoms with van der Waals surface area (Å²) in [4.78, 5) is 18.9. The Bertz CT molecular complexity index is 1480. The van der Waals surface area contributed by atoms with Crippen molar-refractivity contribution in [3.05, 3.63) is 108 Å². The third-order valence-electron chi connectivity index (χ3n) is 7.76. The van der Waals surface area contributed by atoms with E-state index < -0.39 is 17.8 Å². The molecule has 3 N–H and O–H groups in total. The van der Waals surface area contributed by atoms with Gasteiger partial charge in [-0.3, -0.25) is 9.36 Å². The van der Waals surface area contributed by atoms with Crippen molar-refractivity contribution in [3.8, 4) is 5.82 Å². The lowest BCUT2D eigenvalue weighted by atomic mass is 9.61. The van der Waals surface area contributed by atoms with E-state index in [0.29, 0.717) is 18.3 Å². The molecule has 2 aromatic carbocycles. The number of carboxylic acid groups (broad SMARTS) is 1. The topological polar surface area (TPSA) is 92.1 Å². The minimum absolute atomic E-state index is 0.0138. The van der Waals surface area contributed by atoms with Crippen LogP contribution in [-0.4, -0.2) is 32.2 Å². The van der Waals surface area contributed by atoms with E-state index in [0.717, 1.165) is 47.7 Å². The average Bonchev–Trinajstić information content (AvgIpc) is 3.45. The van der Waals surface area contributed by atoms with E-state index in [1.165, 1.54) is 4.57 Å². The van der Waals surface area contributed by atoms with Gasteiger partial charge in [0.15, 0.2) is 5.69 Å². The highest BCUT2D eigenvalue weighted by Crippen LogP contribution is 2.51. The van der Waals surface area contributed by atoms with Crippen LogP contribution in [0.4, 0.5) is 18.9 Å². The Morgan fingerprint density at radius 2 is 1.67 bits per heavy atom. The van der Waals surface area contributed by atoms with E-state index >= 15 is 0 Å². The molecule has 10 heteroatoms. The lowest BCUT2D eigenvalue weighted by molar-refractivity contribution is -0.141. The highest BCUT2D eigenvalue weighted by Gasteiger charge is 2.41. The van der Waals surface area contributed by atoms with Crippen LogP contribution in [0.5, 0.6) is 0 Å². The van der Waals surface area contributed by atoms with Crippen molar-refractivity contribution in [2.45, 2.75) is 51.4 Å². The number of imidazole rings is 1. The van der Waals surface area contributed by atoms with Crippen LogP contribution in [0.15, 0.2) is 85.5 Å². The number of carboxylic acids is 1. The van der Waals surface area contributed by atoms with Gasteiger partial charge in [-0.1, -0.05) is 68.4 Å². The molecule has 220 valence electrons. The van der Waals surface area contributed by atoms with Crippen LogP contribution in [0.2, 0.25) is 0 Å². The minimum Gasteiger partial charge on any atom is -0.481 e. The quantitative estimate of drug-likeness (QED) is 0.177. The normalized spacial score (nSPS) is 16.4. The molecule has 0 spiro atoms. The van der Waals surface area contributed by atoms with E-state index in [-0.39, 0.29) is 23.9 Å². The molecular formula is C32H34F3N5O2. The Kier molecular flexibility index (Phi) is 8.36. The molecule has 42 heavy (non-hydrogen) atoms. The summed E-state index contributed by atoms with van der Waals surface area (Å²) in [5, 5.41) is 16.1. The lowest BCUT2D eigenvalue weighted by Crippen LogP contribution is -2.38. The maximum atomic E-state index is 13.0. The Morgan fingerprint density at radius 3 is 2.24 bits per heavy atom. The summed E-state index contributed by atoms with van der Waals surface area (Å²) in [5.74, 6) is -0.107. The van der Waals surface area contributed by atoms with Crippen LogP contribution in [0.3, 0.4) is 0 Å². The van der Waals surface area contributed by atoms with Crippen molar-refractivity contribution in [1.29, 1.82) is 0 Å². The van der Waals surface area contributed by atoms with Gasteiger partial charge in [0.1, 0.15) is 12.1 Å². The number of pyridine rings is 1. The minimum atomic E-state index is -4.51. The highest BCUT2D eigenvalue weighted by atomic mass is 19.4. The number of carbonyl (C=O) groups is 1. The molecule has 1 aliphatic rings. The number of alkyl halides is 3. The largest absolute Gasteiger partial charge is 0.481 e. The highest BCUT2D eigenvalue weighted by molar-refractivity contribution is 5.66. The smallest absolute Gasteiger partial charge is 0.434 e. The van der Waals surface area contributed by atoms with E-state index in [1.807, 2.05) is 36.4 Å². The van der Waals surface area contributed by atoms with Crippen LogP contribution in [0, 0.1) is 11.3 Å². The Hall–Kier alpha value is -4.18. The maximum absolute atomic E-state index is 13.0. The van der Waals surface area contributed by atoms with Gasteiger partial charge in [0, 0.05) is 12.7 Å². The summed E-state index contributed by atoms with van der Waals surface area (Å²) >= 11 is 0. The van der Waals surface area contributed by atoms with E-state index in [9.17, 15) is 18.0 Å². The summed E-state index contributed by atoms with van der Waals surface area (Å²) in [7, 11) is 0. The maximum Gasteiger partial charge on any atom is 0.434 e. The molecule has 1 saturated carbocycles. The molecule has 2 atom stereocenters. The van der Waals surface area contributed by atoms with Crippen molar-refractivity contribution in [2.75, 3.05) is 11.9 Å². The van der Waals surface area contributed by atoms with Crippen molar-refractivity contribution >= 4 is 11.7 Å². The molecule has 2 heterocycles. The Morgan fingerprint density at radius 1 is 1.00 bits per heavy atom. The number of nitrogens with zero attached hydrogens (tertiary/aromatic N) is 3.